The highest BCUT2D eigenvalue weighted by Gasteiger charge is 2.28. The largest absolute Gasteiger partial charge is 0.384 e. The normalized spacial score (nSPS) is 17.2. The topological polar surface area (TPSA) is 80.2 Å². The van der Waals surface area contributed by atoms with Gasteiger partial charge in [-0.15, -0.1) is 11.3 Å². The standard InChI is InChI=1S/C16H21N5O2S/c1-11-18-13(9-14(19-11)20-16-17-5-8-24-16)12-3-6-21(10-12)15(22)4-7-23-2/h5,8-9,12H,3-4,6-7,10H2,1-2H3,(H,17,18,19,20)/t12-/m0/s1. The first-order chi connectivity index (χ1) is 11.7. The molecule has 1 aliphatic rings. The van der Waals surface area contributed by atoms with Crippen LogP contribution in [0.1, 0.15) is 30.3 Å². The number of hydrogen-bond donors (Lipinski definition) is 1. The number of amides is 1. The number of rotatable bonds is 6. The third-order valence-corrected chi connectivity index (χ3v) is 4.69. The van der Waals surface area contributed by atoms with Crippen molar-refractivity contribution >= 4 is 28.2 Å². The first-order valence-corrected chi connectivity index (χ1v) is 8.82. The predicted molar refractivity (Wildman–Crippen MR) is 92.6 cm³/mol. The van der Waals surface area contributed by atoms with Gasteiger partial charge in [0.1, 0.15) is 11.6 Å². The Kier molecular flexibility index (Phi) is 5.37. The lowest BCUT2D eigenvalue weighted by Crippen LogP contribution is -2.29. The van der Waals surface area contributed by atoms with Gasteiger partial charge in [0.2, 0.25) is 5.91 Å². The Balaban J connectivity index is 1.68. The van der Waals surface area contributed by atoms with Crippen LogP contribution >= 0.6 is 11.3 Å². The van der Waals surface area contributed by atoms with E-state index < -0.39 is 0 Å². The molecule has 0 aromatic carbocycles. The zero-order chi connectivity index (χ0) is 16.9. The molecule has 1 N–H and O–H groups in total. The molecule has 1 aliphatic heterocycles. The number of carbonyl (C=O) groups is 1. The number of aryl methyl sites for hydroxylation is 1. The van der Waals surface area contributed by atoms with Gasteiger partial charge in [0.05, 0.1) is 18.7 Å². The molecule has 7 nitrogen and oxygen atoms in total. The summed E-state index contributed by atoms with van der Waals surface area (Å²) in [6, 6.07) is 1.96. The average Bonchev–Trinajstić information content (AvgIpc) is 3.23. The third kappa shape index (κ3) is 4.07. The van der Waals surface area contributed by atoms with Crippen molar-refractivity contribution in [2.24, 2.45) is 0 Å². The van der Waals surface area contributed by atoms with Crippen LogP contribution in [0.3, 0.4) is 0 Å². The van der Waals surface area contributed by atoms with E-state index in [4.69, 9.17) is 4.74 Å². The molecule has 0 aliphatic carbocycles. The molecule has 8 heteroatoms. The maximum Gasteiger partial charge on any atom is 0.224 e. The van der Waals surface area contributed by atoms with Crippen molar-refractivity contribution in [3.63, 3.8) is 0 Å². The maximum absolute atomic E-state index is 12.1. The van der Waals surface area contributed by atoms with Crippen molar-refractivity contribution < 1.29 is 9.53 Å². The summed E-state index contributed by atoms with van der Waals surface area (Å²) in [5, 5.41) is 5.93. The zero-order valence-corrected chi connectivity index (χ0v) is 14.7. The Morgan fingerprint density at radius 3 is 3.12 bits per heavy atom. The number of likely N-dealkylation sites (tertiary alicyclic amines) is 1. The fourth-order valence-electron chi connectivity index (χ4n) is 2.83. The van der Waals surface area contributed by atoms with Gasteiger partial charge < -0.3 is 15.0 Å². The SMILES string of the molecule is COCCC(=O)N1CC[C@H](c2cc(Nc3nccs3)nc(C)n2)C1. The molecule has 1 saturated heterocycles. The number of hydrogen-bond acceptors (Lipinski definition) is 7. The van der Waals surface area contributed by atoms with Crippen LogP contribution in [-0.2, 0) is 9.53 Å². The van der Waals surface area contributed by atoms with Gasteiger partial charge in [0.25, 0.3) is 0 Å². The van der Waals surface area contributed by atoms with E-state index >= 15 is 0 Å². The Bertz CT molecular complexity index is 692. The van der Waals surface area contributed by atoms with Crippen LogP contribution in [0.4, 0.5) is 10.9 Å². The lowest BCUT2D eigenvalue weighted by molar-refractivity contribution is -0.131. The van der Waals surface area contributed by atoms with E-state index in [-0.39, 0.29) is 11.8 Å². The molecule has 0 spiro atoms. The molecule has 1 atom stereocenters. The van der Waals surface area contributed by atoms with Crippen LogP contribution in [0.15, 0.2) is 17.6 Å². The summed E-state index contributed by atoms with van der Waals surface area (Å²) >= 11 is 1.53. The van der Waals surface area contributed by atoms with E-state index in [1.807, 2.05) is 23.3 Å². The van der Waals surface area contributed by atoms with Crippen LogP contribution in [0.25, 0.3) is 0 Å². The Labute approximate surface area is 145 Å². The van der Waals surface area contributed by atoms with E-state index in [9.17, 15) is 4.79 Å². The van der Waals surface area contributed by atoms with Crippen molar-refractivity contribution in [2.75, 3.05) is 32.1 Å². The number of anilines is 2. The van der Waals surface area contributed by atoms with Crippen LogP contribution in [0.5, 0.6) is 0 Å². The summed E-state index contributed by atoms with van der Waals surface area (Å²) in [7, 11) is 1.61. The monoisotopic (exact) mass is 347 g/mol. The highest BCUT2D eigenvalue weighted by Crippen LogP contribution is 2.28. The van der Waals surface area contributed by atoms with Crippen LogP contribution < -0.4 is 5.32 Å². The molecule has 2 aromatic rings. The number of carbonyl (C=O) groups excluding carboxylic acids is 1. The Hall–Kier alpha value is -2.06. The molecular weight excluding hydrogens is 326 g/mol. The van der Waals surface area contributed by atoms with Gasteiger partial charge in [-0.25, -0.2) is 15.0 Å². The Morgan fingerprint density at radius 2 is 2.38 bits per heavy atom. The number of thiazole rings is 1. The summed E-state index contributed by atoms with van der Waals surface area (Å²) in [4.78, 5) is 27.2. The summed E-state index contributed by atoms with van der Waals surface area (Å²) < 4.78 is 4.98. The Morgan fingerprint density at radius 1 is 1.50 bits per heavy atom. The molecule has 1 amide bonds. The quantitative estimate of drug-likeness (QED) is 0.864. The van der Waals surface area contributed by atoms with Crippen LogP contribution in [0, 0.1) is 6.92 Å². The van der Waals surface area contributed by atoms with E-state index in [0.717, 1.165) is 35.4 Å². The van der Waals surface area contributed by atoms with Crippen molar-refractivity contribution in [1.82, 2.24) is 19.9 Å². The molecule has 0 unspecified atom stereocenters. The van der Waals surface area contributed by atoms with E-state index in [1.54, 1.807) is 13.3 Å². The van der Waals surface area contributed by atoms with Crippen molar-refractivity contribution in [2.45, 2.75) is 25.7 Å². The van der Waals surface area contributed by atoms with Crippen molar-refractivity contribution in [3.8, 4) is 0 Å². The van der Waals surface area contributed by atoms with Gasteiger partial charge in [-0.1, -0.05) is 0 Å². The summed E-state index contributed by atoms with van der Waals surface area (Å²) in [5.74, 6) is 1.86. The molecule has 2 aromatic heterocycles. The van der Waals surface area contributed by atoms with Gasteiger partial charge in [0.15, 0.2) is 5.13 Å². The fraction of sp³-hybridized carbons (Fsp3) is 0.500. The lowest BCUT2D eigenvalue weighted by atomic mass is 10.0. The summed E-state index contributed by atoms with van der Waals surface area (Å²) in [6.07, 6.45) is 3.11. The minimum atomic E-state index is 0.145. The smallest absolute Gasteiger partial charge is 0.224 e. The van der Waals surface area contributed by atoms with Gasteiger partial charge in [-0.2, -0.15) is 0 Å². The highest BCUT2D eigenvalue weighted by molar-refractivity contribution is 7.13. The van der Waals surface area contributed by atoms with E-state index in [2.05, 4.69) is 20.3 Å². The number of ether oxygens (including phenoxy) is 1. The second-order valence-electron chi connectivity index (χ2n) is 5.76. The van der Waals surface area contributed by atoms with Crippen molar-refractivity contribution in [1.29, 1.82) is 0 Å². The zero-order valence-electron chi connectivity index (χ0n) is 13.9. The number of nitrogens with one attached hydrogen (secondary N) is 1. The van der Waals surface area contributed by atoms with Gasteiger partial charge in [-0.05, 0) is 13.3 Å². The third-order valence-electron chi connectivity index (χ3n) is 4.00. The minimum Gasteiger partial charge on any atom is -0.384 e. The molecule has 128 valence electrons. The number of nitrogens with zero attached hydrogens (tertiary/aromatic N) is 4. The molecular formula is C16H21N5O2S. The highest BCUT2D eigenvalue weighted by atomic mass is 32.1. The molecule has 0 radical (unpaired) electrons. The van der Waals surface area contributed by atoms with E-state index in [1.165, 1.54) is 11.3 Å². The molecule has 0 saturated carbocycles. The van der Waals surface area contributed by atoms with Crippen LogP contribution in [0.2, 0.25) is 0 Å². The second kappa shape index (κ2) is 7.67. The van der Waals surface area contributed by atoms with Gasteiger partial charge in [0, 0.05) is 43.8 Å². The van der Waals surface area contributed by atoms with E-state index in [0.29, 0.717) is 19.6 Å². The van der Waals surface area contributed by atoms with Gasteiger partial charge >= 0.3 is 0 Å². The molecule has 24 heavy (non-hydrogen) atoms. The molecule has 1 fully saturated rings. The predicted octanol–water partition coefficient (Wildman–Crippen LogP) is 2.34. The number of methoxy groups -OCH3 is 1. The maximum atomic E-state index is 12.1. The first-order valence-electron chi connectivity index (χ1n) is 7.94. The minimum absolute atomic E-state index is 0.145. The fourth-order valence-corrected chi connectivity index (χ4v) is 3.37. The van der Waals surface area contributed by atoms with Gasteiger partial charge in [-0.3, -0.25) is 4.79 Å². The summed E-state index contributed by atoms with van der Waals surface area (Å²) in [5.41, 5.74) is 0.976. The number of aromatic nitrogens is 3. The van der Waals surface area contributed by atoms with Crippen LogP contribution in [-0.4, -0.2) is 52.6 Å². The second-order valence-corrected chi connectivity index (χ2v) is 6.65. The average molecular weight is 347 g/mol. The molecule has 3 heterocycles. The lowest BCUT2D eigenvalue weighted by Gasteiger charge is -2.16. The van der Waals surface area contributed by atoms with Crippen molar-refractivity contribution in [3.05, 3.63) is 29.2 Å². The molecule has 0 bridgehead atoms. The molecule has 3 rings (SSSR count). The summed E-state index contributed by atoms with van der Waals surface area (Å²) in [6.45, 7) is 3.82. The first kappa shape index (κ1) is 16.8.